The summed E-state index contributed by atoms with van der Waals surface area (Å²) in [5, 5.41) is 0.173. The van der Waals surface area contributed by atoms with Gasteiger partial charge in [0.2, 0.25) is 5.43 Å². The first kappa shape index (κ1) is 29.1. The van der Waals surface area contributed by atoms with Crippen LogP contribution in [0, 0.1) is 0 Å². The summed E-state index contributed by atoms with van der Waals surface area (Å²) in [4.78, 5) is 28.0. The van der Waals surface area contributed by atoms with Crippen molar-refractivity contribution in [2.24, 2.45) is 0 Å². The average molecular weight is 591 g/mol. The highest BCUT2D eigenvalue weighted by Gasteiger charge is 2.22. The van der Waals surface area contributed by atoms with Crippen molar-refractivity contribution in [2.45, 2.75) is 13.2 Å². The third-order valence-corrected chi connectivity index (χ3v) is 7.15. The van der Waals surface area contributed by atoms with Crippen molar-refractivity contribution >= 4 is 35.0 Å². The van der Waals surface area contributed by atoms with Gasteiger partial charge < -0.3 is 13.9 Å². The smallest absolute Gasteiger partial charge is 0.208 e. The van der Waals surface area contributed by atoms with E-state index in [1.165, 1.54) is 6.08 Å². The Labute approximate surface area is 261 Å². The molecule has 0 aliphatic carbocycles. The number of allylic oxidation sites excluding steroid dienone is 1. The standard InChI is InChI=1S/C40H30O5/c41-34(23-21-29-13-5-1-6-14-29)38-35(24-22-30-15-7-2-8-16-30)45-37-26-33(43-27-31-17-9-3-10-18-31)25-36(39(37)40(38)42)44-28-32-19-11-4-12-20-32/h1-26H,27-28H2/b23-21+,24-22+. The van der Waals surface area contributed by atoms with Gasteiger partial charge in [-0.05, 0) is 34.4 Å². The zero-order valence-corrected chi connectivity index (χ0v) is 24.5. The van der Waals surface area contributed by atoms with E-state index < -0.39 is 11.2 Å². The molecule has 45 heavy (non-hydrogen) atoms. The van der Waals surface area contributed by atoms with Gasteiger partial charge in [-0.3, -0.25) is 9.59 Å². The van der Waals surface area contributed by atoms with Gasteiger partial charge >= 0.3 is 0 Å². The number of carbonyl (C=O) groups is 1. The molecule has 5 aromatic carbocycles. The monoisotopic (exact) mass is 590 g/mol. The molecule has 0 fully saturated rings. The van der Waals surface area contributed by atoms with E-state index in [0.717, 1.165) is 22.3 Å². The van der Waals surface area contributed by atoms with E-state index in [4.69, 9.17) is 13.9 Å². The molecule has 0 unspecified atom stereocenters. The quantitative estimate of drug-likeness (QED) is 0.111. The Balaban J connectivity index is 1.47. The van der Waals surface area contributed by atoms with Crippen molar-refractivity contribution < 1.29 is 18.7 Å². The van der Waals surface area contributed by atoms with Crippen LogP contribution in [-0.4, -0.2) is 5.78 Å². The van der Waals surface area contributed by atoms with Crippen LogP contribution in [0.4, 0.5) is 0 Å². The molecule has 6 aromatic rings. The maximum atomic E-state index is 14.3. The van der Waals surface area contributed by atoms with Gasteiger partial charge in [-0.25, -0.2) is 0 Å². The van der Waals surface area contributed by atoms with Gasteiger partial charge in [0.1, 0.15) is 47.0 Å². The second kappa shape index (κ2) is 14.0. The molecule has 0 saturated carbocycles. The highest BCUT2D eigenvalue weighted by atomic mass is 16.5. The molecule has 1 aromatic heterocycles. The summed E-state index contributed by atoms with van der Waals surface area (Å²) in [5.41, 5.74) is 3.34. The SMILES string of the molecule is O=C(/C=C/c1ccccc1)c1c(/C=C/c2ccccc2)oc2cc(OCc3ccccc3)cc(OCc3ccccc3)c2c1=O. The lowest BCUT2D eigenvalue weighted by molar-refractivity contribution is 0.104. The van der Waals surface area contributed by atoms with Crippen LogP contribution >= 0.6 is 0 Å². The Morgan fingerprint density at radius 2 is 1.16 bits per heavy atom. The first-order valence-corrected chi connectivity index (χ1v) is 14.6. The molecule has 0 amide bonds. The molecule has 0 atom stereocenters. The zero-order valence-electron chi connectivity index (χ0n) is 24.5. The number of fused-ring (bicyclic) bond motifs is 1. The predicted molar refractivity (Wildman–Crippen MR) is 179 cm³/mol. The topological polar surface area (TPSA) is 65.7 Å². The van der Waals surface area contributed by atoms with Gasteiger partial charge in [-0.1, -0.05) is 133 Å². The Morgan fingerprint density at radius 3 is 1.76 bits per heavy atom. The fourth-order valence-corrected chi connectivity index (χ4v) is 4.86. The molecule has 0 aliphatic heterocycles. The van der Waals surface area contributed by atoms with Crippen molar-refractivity contribution in [1.82, 2.24) is 0 Å². The van der Waals surface area contributed by atoms with Gasteiger partial charge in [0.25, 0.3) is 0 Å². The maximum absolute atomic E-state index is 14.3. The third-order valence-electron chi connectivity index (χ3n) is 7.15. The molecule has 5 heteroatoms. The number of carbonyl (C=O) groups excluding carboxylic acids is 1. The fourth-order valence-electron chi connectivity index (χ4n) is 4.86. The van der Waals surface area contributed by atoms with Crippen LogP contribution in [0.5, 0.6) is 11.5 Å². The summed E-state index contributed by atoms with van der Waals surface area (Å²) in [7, 11) is 0. The number of hydrogen-bond donors (Lipinski definition) is 0. The van der Waals surface area contributed by atoms with Crippen LogP contribution in [0.2, 0.25) is 0 Å². The largest absolute Gasteiger partial charge is 0.489 e. The second-order valence-corrected chi connectivity index (χ2v) is 10.4. The Hall–Kier alpha value is -5.94. The van der Waals surface area contributed by atoms with Crippen molar-refractivity contribution in [3.63, 3.8) is 0 Å². The van der Waals surface area contributed by atoms with Crippen molar-refractivity contribution in [3.05, 3.63) is 183 Å². The van der Waals surface area contributed by atoms with Crippen LogP contribution in [0.15, 0.2) is 149 Å². The summed E-state index contributed by atoms with van der Waals surface area (Å²) < 4.78 is 18.7. The van der Waals surface area contributed by atoms with E-state index in [0.29, 0.717) is 12.4 Å². The lowest BCUT2D eigenvalue weighted by Gasteiger charge is -2.14. The first-order chi connectivity index (χ1) is 22.1. The first-order valence-electron chi connectivity index (χ1n) is 14.6. The number of ketones is 1. The Morgan fingerprint density at radius 1 is 0.622 bits per heavy atom. The number of benzene rings is 5. The molecule has 0 radical (unpaired) electrons. The van der Waals surface area contributed by atoms with Gasteiger partial charge in [-0.15, -0.1) is 0 Å². The molecule has 0 N–H and O–H groups in total. The molecule has 220 valence electrons. The van der Waals surface area contributed by atoms with E-state index >= 15 is 0 Å². The van der Waals surface area contributed by atoms with Crippen LogP contribution < -0.4 is 14.9 Å². The van der Waals surface area contributed by atoms with Crippen molar-refractivity contribution in [2.75, 3.05) is 0 Å². The molecule has 1 heterocycles. The zero-order chi connectivity index (χ0) is 30.8. The molecular weight excluding hydrogens is 560 g/mol. The molecule has 0 spiro atoms. The average Bonchev–Trinajstić information content (AvgIpc) is 3.09. The fraction of sp³-hybridized carbons (Fsp3) is 0.0500. The minimum Gasteiger partial charge on any atom is -0.489 e. The van der Waals surface area contributed by atoms with Crippen LogP contribution in [0.3, 0.4) is 0 Å². The summed E-state index contributed by atoms with van der Waals surface area (Å²) in [6.07, 6.45) is 6.55. The van der Waals surface area contributed by atoms with Gasteiger partial charge in [0, 0.05) is 12.1 Å². The predicted octanol–water partition coefficient (Wildman–Crippen LogP) is 9.02. The summed E-state index contributed by atoms with van der Waals surface area (Å²) in [6, 6.07) is 41.8. The van der Waals surface area contributed by atoms with E-state index in [1.807, 2.05) is 127 Å². The Bertz CT molecular complexity index is 2010. The molecule has 0 saturated heterocycles. The molecular formula is C40H30O5. The molecule has 0 bridgehead atoms. The third kappa shape index (κ3) is 7.35. The van der Waals surface area contributed by atoms with Crippen LogP contribution in [-0.2, 0) is 13.2 Å². The lowest BCUT2D eigenvalue weighted by Crippen LogP contribution is -2.17. The van der Waals surface area contributed by atoms with Crippen molar-refractivity contribution in [3.8, 4) is 11.5 Å². The summed E-state index contributed by atoms with van der Waals surface area (Å²) in [5.74, 6) is 0.417. The molecule has 6 rings (SSSR count). The van der Waals surface area contributed by atoms with E-state index in [-0.39, 0.29) is 34.6 Å². The molecule has 0 aliphatic rings. The van der Waals surface area contributed by atoms with Gasteiger partial charge in [0.15, 0.2) is 5.78 Å². The van der Waals surface area contributed by atoms with E-state index in [2.05, 4.69) is 0 Å². The summed E-state index contributed by atoms with van der Waals surface area (Å²) in [6.45, 7) is 0.528. The number of ether oxygens (including phenoxy) is 2. The summed E-state index contributed by atoms with van der Waals surface area (Å²) >= 11 is 0. The number of rotatable bonds is 11. The minimum atomic E-state index is -0.482. The van der Waals surface area contributed by atoms with E-state index in [9.17, 15) is 9.59 Å². The highest BCUT2D eigenvalue weighted by molar-refractivity contribution is 6.10. The van der Waals surface area contributed by atoms with Crippen molar-refractivity contribution in [1.29, 1.82) is 0 Å². The second-order valence-electron chi connectivity index (χ2n) is 10.4. The highest BCUT2D eigenvalue weighted by Crippen LogP contribution is 2.33. The molecule has 5 nitrogen and oxygen atoms in total. The normalized spacial score (nSPS) is 11.3. The van der Waals surface area contributed by atoms with E-state index in [1.54, 1.807) is 24.3 Å². The maximum Gasteiger partial charge on any atom is 0.208 e. The lowest BCUT2D eigenvalue weighted by atomic mass is 10.0. The minimum absolute atomic E-state index is 0.0793. The van der Waals surface area contributed by atoms with Crippen LogP contribution in [0.25, 0.3) is 29.2 Å². The number of hydrogen-bond acceptors (Lipinski definition) is 5. The Kier molecular flexibility index (Phi) is 9.08. The van der Waals surface area contributed by atoms with Gasteiger partial charge in [0.05, 0.1) is 0 Å². The van der Waals surface area contributed by atoms with Gasteiger partial charge in [-0.2, -0.15) is 0 Å². The van der Waals surface area contributed by atoms with Crippen LogP contribution in [0.1, 0.15) is 38.4 Å².